The molecule has 4 saturated heterocycles. The zero-order valence-corrected chi connectivity index (χ0v) is 24.6. The van der Waals surface area contributed by atoms with Gasteiger partial charge >= 0.3 is 0 Å². The Balaban J connectivity index is 1.23. The minimum Gasteiger partial charge on any atom is -0.508 e. The number of nitrogens with zero attached hydrogens (tertiary/aromatic N) is 5. The van der Waals surface area contributed by atoms with Crippen LogP contribution in [0.1, 0.15) is 60.8 Å². The molecule has 3 aromatic rings. The SMILES string of the molecule is C#Cc1cccc2cc(O)cc(N3CCc4c(N5C6CCC5CNC6)nc(OCC56CCCN5CCC6)c(C#N)c4C3)c12. The second-order valence-corrected chi connectivity index (χ2v) is 13.0. The number of aromatic nitrogens is 1. The van der Waals surface area contributed by atoms with Gasteiger partial charge in [-0.3, -0.25) is 4.90 Å². The Bertz CT molecular complexity index is 1660. The Morgan fingerprint density at radius 3 is 2.63 bits per heavy atom. The minimum absolute atomic E-state index is 0.0662. The van der Waals surface area contributed by atoms with Crippen LogP contribution in [0.4, 0.5) is 11.5 Å². The lowest BCUT2D eigenvalue weighted by Gasteiger charge is -2.40. The predicted octanol–water partition coefficient (Wildman–Crippen LogP) is 4.30. The molecule has 5 aliphatic heterocycles. The van der Waals surface area contributed by atoms with Gasteiger partial charge in [-0.15, -0.1) is 6.42 Å². The van der Waals surface area contributed by atoms with Crippen molar-refractivity contribution in [1.29, 1.82) is 5.26 Å². The van der Waals surface area contributed by atoms with Crippen molar-refractivity contribution in [1.82, 2.24) is 15.2 Å². The van der Waals surface area contributed by atoms with Crippen LogP contribution in [0, 0.1) is 23.7 Å². The van der Waals surface area contributed by atoms with Gasteiger partial charge in [0.1, 0.15) is 29.8 Å². The first kappa shape index (κ1) is 26.6. The topological polar surface area (TPSA) is 87.9 Å². The summed E-state index contributed by atoms with van der Waals surface area (Å²) >= 11 is 0. The molecule has 0 radical (unpaired) electrons. The first-order chi connectivity index (χ1) is 21.1. The molecule has 2 N–H and O–H groups in total. The predicted molar refractivity (Wildman–Crippen MR) is 168 cm³/mol. The second kappa shape index (κ2) is 10.3. The number of piperazine rings is 1. The van der Waals surface area contributed by atoms with Crippen molar-refractivity contribution < 1.29 is 9.84 Å². The number of fused-ring (bicyclic) bond motifs is 5. The minimum atomic E-state index is 0.0662. The average molecular weight is 575 g/mol. The molecule has 4 fully saturated rings. The van der Waals surface area contributed by atoms with Gasteiger partial charge in [0.25, 0.3) is 0 Å². The van der Waals surface area contributed by atoms with Crippen LogP contribution in [0.25, 0.3) is 10.8 Å². The smallest absolute Gasteiger partial charge is 0.234 e. The Labute approximate surface area is 253 Å². The summed E-state index contributed by atoms with van der Waals surface area (Å²) in [4.78, 5) is 12.6. The summed E-state index contributed by atoms with van der Waals surface area (Å²) in [6, 6.07) is 12.8. The largest absolute Gasteiger partial charge is 0.508 e. The Hall–Kier alpha value is -3.98. The number of anilines is 2. The van der Waals surface area contributed by atoms with Crippen LogP contribution < -0.4 is 19.9 Å². The third-order valence-electron chi connectivity index (χ3n) is 10.8. The molecule has 2 atom stereocenters. The summed E-state index contributed by atoms with van der Waals surface area (Å²) in [5.41, 5.74) is 4.47. The summed E-state index contributed by atoms with van der Waals surface area (Å²) < 4.78 is 6.67. The molecule has 8 rings (SSSR count). The van der Waals surface area contributed by atoms with E-state index in [9.17, 15) is 10.4 Å². The van der Waals surface area contributed by atoms with Crippen molar-refractivity contribution in [2.24, 2.45) is 0 Å². The number of hydrogen-bond acceptors (Lipinski definition) is 8. The van der Waals surface area contributed by atoms with E-state index in [2.05, 4.69) is 32.0 Å². The van der Waals surface area contributed by atoms with Gasteiger partial charge in [-0.05, 0) is 75.6 Å². The highest BCUT2D eigenvalue weighted by molar-refractivity contribution is 6.00. The normalized spacial score (nSPS) is 24.0. The summed E-state index contributed by atoms with van der Waals surface area (Å²) in [5.74, 6) is 4.54. The zero-order chi connectivity index (χ0) is 29.1. The zero-order valence-electron chi connectivity index (χ0n) is 24.6. The van der Waals surface area contributed by atoms with E-state index in [-0.39, 0.29) is 11.3 Å². The molecular weight excluding hydrogens is 536 g/mol. The van der Waals surface area contributed by atoms with Gasteiger partial charge in [0.05, 0.1) is 5.54 Å². The monoisotopic (exact) mass is 574 g/mol. The van der Waals surface area contributed by atoms with Crippen molar-refractivity contribution in [3.05, 3.63) is 52.6 Å². The van der Waals surface area contributed by atoms with Crippen LogP contribution in [-0.4, -0.2) is 71.9 Å². The highest BCUT2D eigenvalue weighted by Crippen LogP contribution is 2.44. The van der Waals surface area contributed by atoms with Gasteiger partial charge in [0, 0.05) is 72.1 Å². The van der Waals surface area contributed by atoms with Gasteiger partial charge < -0.3 is 25.0 Å². The lowest BCUT2D eigenvalue weighted by Crippen LogP contribution is -2.53. The van der Waals surface area contributed by atoms with E-state index < -0.39 is 0 Å². The lowest BCUT2D eigenvalue weighted by atomic mass is 9.93. The van der Waals surface area contributed by atoms with E-state index in [1.165, 1.54) is 18.4 Å². The quantitative estimate of drug-likeness (QED) is 0.436. The fraction of sp³-hybridized carbons (Fsp3) is 0.486. The maximum Gasteiger partial charge on any atom is 0.234 e. The molecule has 220 valence electrons. The third kappa shape index (κ3) is 4.23. The van der Waals surface area contributed by atoms with Crippen LogP contribution in [0.15, 0.2) is 30.3 Å². The first-order valence-corrected chi connectivity index (χ1v) is 15.9. The molecule has 2 bridgehead atoms. The molecule has 2 unspecified atom stereocenters. The number of nitrogens with one attached hydrogen (secondary N) is 1. The summed E-state index contributed by atoms with van der Waals surface area (Å²) in [6.45, 7) is 6.02. The summed E-state index contributed by atoms with van der Waals surface area (Å²) in [5, 5.41) is 26.8. The molecule has 0 amide bonds. The highest BCUT2D eigenvalue weighted by atomic mass is 16.5. The fourth-order valence-corrected chi connectivity index (χ4v) is 8.77. The number of terminal acetylenes is 1. The molecule has 0 saturated carbocycles. The molecule has 6 heterocycles. The van der Waals surface area contributed by atoms with E-state index in [4.69, 9.17) is 16.1 Å². The number of nitriles is 1. The first-order valence-electron chi connectivity index (χ1n) is 15.9. The standard InChI is InChI=1S/C35H38N6O2/c1-2-23-6-3-7-24-16-27(42)17-31(32(23)24)39-15-10-28-30(21-39)29(18-36)34(43-22-35-11-4-13-40(35)14-5-12-35)38-33(28)41-25-8-9-26(41)20-37-19-25/h1,3,6-7,16-17,25-26,37,42H,4-5,8-15,19-22H2. The van der Waals surface area contributed by atoms with E-state index in [1.54, 1.807) is 6.07 Å². The van der Waals surface area contributed by atoms with Crippen molar-refractivity contribution in [2.45, 2.75) is 69.1 Å². The van der Waals surface area contributed by atoms with Crippen molar-refractivity contribution >= 4 is 22.3 Å². The lowest BCUT2D eigenvalue weighted by molar-refractivity contribution is 0.110. The van der Waals surface area contributed by atoms with E-state index in [0.717, 1.165) is 98.2 Å². The second-order valence-electron chi connectivity index (χ2n) is 13.0. The molecule has 0 spiro atoms. The van der Waals surface area contributed by atoms with Gasteiger partial charge in [-0.2, -0.15) is 10.2 Å². The number of phenolic OH excluding ortho intramolecular Hbond substituents is 1. The molecule has 8 heteroatoms. The van der Waals surface area contributed by atoms with Crippen molar-refractivity contribution in [2.75, 3.05) is 49.1 Å². The molecule has 43 heavy (non-hydrogen) atoms. The average Bonchev–Trinajstić information content (AvgIpc) is 3.68. The van der Waals surface area contributed by atoms with Crippen LogP contribution >= 0.6 is 0 Å². The Morgan fingerprint density at radius 2 is 1.88 bits per heavy atom. The van der Waals surface area contributed by atoms with Gasteiger partial charge in [0.15, 0.2) is 0 Å². The number of phenols is 1. The van der Waals surface area contributed by atoms with E-state index >= 15 is 0 Å². The van der Waals surface area contributed by atoms with Crippen LogP contribution in [0.5, 0.6) is 11.6 Å². The van der Waals surface area contributed by atoms with Crippen molar-refractivity contribution in [3.8, 4) is 30.0 Å². The van der Waals surface area contributed by atoms with Crippen LogP contribution in [0.3, 0.4) is 0 Å². The van der Waals surface area contributed by atoms with Crippen LogP contribution in [0.2, 0.25) is 0 Å². The summed E-state index contributed by atoms with van der Waals surface area (Å²) in [7, 11) is 0. The maximum absolute atomic E-state index is 10.7. The molecular formula is C35H38N6O2. The van der Waals surface area contributed by atoms with E-state index in [0.29, 0.717) is 36.7 Å². The molecule has 8 nitrogen and oxygen atoms in total. The maximum atomic E-state index is 10.7. The van der Waals surface area contributed by atoms with E-state index in [1.807, 2.05) is 24.3 Å². The van der Waals surface area contributed by atoms with Gasteiger partial charge in [-0.25, -0.2) is 0 Å². The van der Waals surface area contributed by atoms with Gasteiger partial charge in [0.2, 0.25) is 5.88 Å². The molecule has 5 aliphatic rings. The summed E-state index contributed by atoms with van der Waals surface area (Å²) in [6.07, 6.45) is 13.7. The number of rotatable bonds is 5. The molecule has 2 aromatic carbocycles. The number of benzene rings is 2. The van der Waals surface area contributed by atoms with Crippen LogP contribution in [-0.2, 0) is 13.0 Å². The highest BCUT2D eigenvalue weighted by Gasteiger charge is 2.46. The van der Waals surface area contributed by atoms with Gasteiger partial charge in [-0.1, -0.05) is 18.1 Å². The Kier molecular flexibility index (Phi) is 6.40. The number of aromatic hydroxyl groups is 1. The van der Waals surface area contributed by atoms with Crippen molar-refractivity contribution in [3.63, 3.8) is 0 Å². The number of ether oxygens (including phenoxy) is 1. The number of hydrogen-bond donors (Lipinski definition) is 2. The number of pyridine rings is 1. The molecule has 1 aromatic heterocycles. The molecule has 0 aliphatic carbocycles. The fourth-order valence-electron chi connectivity index (χ4n) is 8.77. The Morgan fingerprint density at radius 1 is 1.09 bits per heavy atom. The third-order valence-corrected chi connectivity index (χ3v) is 10.8.